The number of nitrogens with zero attached hydrogens (tertiary/aromatic N) is 2. The molecule has 0 radical (unpaired) electrons. The molecule has 1 amide bonds. The number of allylic oxidation sites excluding steroid dienone is 2. The Morgan fingerprint density at radius 1 is 1.44 bits per heavy atom. The van der Waals surface area contributed by atoms with Crippen molar-refractivity contribution in [1.29, 1.82) is 0 Å². The molecule has 2 N–H and O–H groups in total. The topological polar surface area (TPSA) is 70.7 Å². The van der Waals surface area contributed by atoms with Gasteiger partial charge in [0.25, 0.3) is 0 Å². The van der Waals surface area contributed by atoms with E-state index in [1.807, 2.05) is 0 Å². The molecule has 3 aliphatic rings. The van der Waals surface area contributed by atoms with Crippen LogP contribution in [0.1, 0.15) is 19.3 Å². The summed E-state index contributed by atoms with van der Waals surface area (Å²) in [5.74, 6) is 1.71. The lowest BCUT2D eigenvalue weighted by atomic mass is 9.69. The van der Waals surface area contributed by atoms with E-state index in [9.17, 15) is 4.79 Å². The number of carbonyl (C=O) groups is 1. The summed E-state index contributed by atoms with van der Waals surface area (Å²) in [6.45, 7) is 0. The molecule has 1 saturated carbocycles. The Balaban J connectivity index is 1.70. The minimum atomic E-state index is 0.0768. The third kappa shape index (κ3) is 1.62. The first-order chi connectivity index (χ1) is 7.83. The molecule has 0 aromatic carbocycles. The van der Waals surface area contributed by atoms with Gasteiger partial charge >= 0.3 is 0 Å². The minimum Gasteiger partial charge on any atom is -0.308 e. The highest BCUT2D eigenvalue weighted by Gasteiger charge is 2.36. The Morgan fingerprint density at radius 2 is 2.38 bits per heavy atom. The predicted molar refractivity (Wildman–Crippen MR) is 58.5 cm³/mol. The molecule has 16 heavy (non-hydrogen) atoms. The van der Waals surface area contributed by atoms with E-state index in [0.717, 1.165) is 12.8 Å². The molecule has 1 heterocycles. The zero-order valence-electron chi connectivity index (χ0n) is 8.89. The largest absolute Gasteiger partial charge is 0.308 e. The summed E-state index contributed by atoms with van der Waals surface area (Å²) in [7, 11) is 0. The van der Waals surface area contributed by atoms with E-state index >= 15 is 0 Å². The van der Waals surface area contributed by atoms with Crippen LogP contribution in [-0.4, -0.2) is 21.3 Å². The van der Waals surface area contributed by atoms with Gasteiger partial charge in [-0.05, 0) is 31.1 Å². The molecular weight excluding hydrogens is 204 g/mol. The van der Waals surface area contributed by atoms with Gasteiger partial charge in [0.1, 0.15) is 0 Å². The SMILES string of the molecule is O=C(Nc1cn[nH]n1)[C@@H]1C[C@@H]2C=C[C@H]1CC2. The van der Waals surface area contributed by atoms with Crippen LogP contribution in [0.5, 0.6) is 0 Å². The maximum absolute atomic E-state index is 12.0. The van der Waals surface area contributed by atoms with Gasteiger partial charge in [0, 0.05) is 5.92 Å². The van der Waals surface area contributed by atoms with Gasteiger partial charge in [0.15, 0.2) is 5.82 Å². The monoisotopic (exact) mass is 218 g/mol. The van der Waals surface area contributed by atoms with E-state index in [2.05, 4.69) is 32.9 Å². The average Bonchev–Trinajstić information content (AvgIpc) is 2.83. The number of nitrogens with one attached hydrogen (secondary N) is 2. The normalized spacial score (nSPS) is 31.6. The molecule has 0 unspecified atom stereocenters. The molecule has 0 spiro atoms. The lowest BCUT2D eigenvalue weighted by Gasteiger charge is -2.36. The summed E-state index contributed by atoms with van der Waals surface area (Å²) >= 11 is 0. The molecule has 84 valence electrons. The van der Waals surface area contributed by atoms with Gasteiger partial charge in [-0.2, -0.15) is 10.3 Å². The molecule has 4 rings (SSSR count). The molecule has 0 aliphatic heterocycles. The molecule has 2 bridgehead atoms. The second-order valence-electron chi connectivity index (χ2n) is 4.57. The highest BCUT2D eigenvalue weighted by Crippen LogP contribution is 2.40. The number of H-pyrrole nitrogens is 1. The highest BCUT2D eigenvalue weighted by atomic mass is 16.2. The third-order valence-corrected chi connectivity index (χ3v) is 3.58. The van der Waals surface area contributed by atoms with Gasteiger partial charge in [0.05, 0.1) is 6.20 Å². The molecule has 3 aliphatic carbocycles. The van der Waals surface area contributed by atoms with Crippen molar-refractivity contribution < 1.29 is 4.79 Å². The van der Waals surface area contributed by atoms with E-state index in [0.29, 0.717) is 17.7 Å². The van der Waals surface area contributed by atoms with Crippen LogP contribution in [0.15, 0.2) is 18.3 Å². The van der Waals surface area contributed by atoms with Gasteiger partial charge in [-0.15, -0.1) is 5.10 Å². The number of hydrogen-bond acceptors (Lipinski definition) is 3. The van der Waals surface area contributed by atoms with Crippen LogP contribution in [0.3, 0.4) is 0 Å². The number of fused-ring (bicyclic) bond motifs is 2. The van der Waals surface area contributed by atoms with Crippen molar-refractivity contribution in [2.24, 2.45) is 17.8 Å². The minimum absolute atomic E-state index is 0.0768. The van der Waals surface area contributed by atoms with Gasteiger partial charge < -0.3 is 5.32 Å². The van der Waals surface area contributed by atoms with Crippen molar-refractivity contribution in [3.63, 3.8) is 0 Å². The Labute approximate surface area is 93.3 Å². The first-order valence-corrected chi connectivity index (χ1v) is 5.68. The molecule has 1 fully saturated rings. The summed E-state index contributed by atoms with van der Waals surface area (Å²) < 4.78 is 0. The number of rotatable bonds is 2. The first-order valence-electron chi connectivity index (χ1n) is 5.68. The summed E-state index contributed by atoms with van der Waals surface area (Å²) in [6.07, 6.45) is 9.32. The zero-order valence-corrected chi connectivity index (χ0v) is 8.89. The Hall–Kier alpha value is -1.65. The molecule has 5 nitrogen and oxygen atoms in total. The number of anilines is 1. The van der Waals surface area contributed by atoms with E-state index in [1.165, 1.54) is 12.6 Å². The van der Waals surface area contributed by atoms with Crippen LogP contribution < -0.4 is 5.32 Å². The molecule has 0 saturated heterocycles. The molecular formula is C11H14N4O. The highest BCUT2D eigenvalue weighted by molar-refractivity contribution is 5.92. The average molecular weight is 218 g/mol. The van der Waals surface area contributed by atoms with Crippen LogP contribution in [0.4, 0.5) is 5.82 Å². The van der Waals surface area contributed by atoms with Gasteiger partial charge in [0.2, 0.25) is 5.91 Å². The van der Waals surface area contributed by atoms with Crippen LogP contribution in [0.25, 0.3) is 0 Å². The fraction of sp³-hybridized carbons (Fsp3) is 0.545. The standard InChI is InChI=1S/C11H14N4O/c16-11(13-10-6-12-15-14-10)9-5-7-1-3-8(9)4-2-7/h1,3,6-9H,2,4-5H2,(H2,12,13,14,15,16)/t7-,8+,9-/m1/s1. The Morgan fingerprint density at radius 3 is 2.94 bits per heavy atom. The number of amides is 1. The Kier molecular flexibility index (Phi) is 2.23. The number of aromatic nitrogens is 3. The quantitative estimate of drug-likeness (QED) is 0.736. The summed E-state index contributed by atoms with van der Waals surface area (Å²) in [4.78, 5) is 12.0. The number of aromatic amines is 1. The fourth-order valence-corrected chi connectivity index (χ4v) is 2.71. The fourth-order valence-electron chi connectivity index (χ4n) is 2.71. The molecule has 3 atom stereocenters. The lowest BCUT2D eigenvalue weighted by Crippen LogP contribution is -2.36. The van der Waals surface area contributed by atoms with Gasteiger partial charge in [-0.3, -0.25) is 4.79 Å². The van der Waals surface area contributed by atoms with Crippen molar-refractivity contribution in [2.45, 2.75) is 19.3 Å². The maximum atomic E-state index is 12.0. The van der Waals surface area contributed by atoms with E-state index in [1.54, 1.807) is 0 Å². The number of hydrogen-bond donors (Lipinski definition) is 2. The maximum Gasteiger partial charge on any atom is 0.229 e. The van der Waals surface area contributed by atoms with E-state index < -0.39 is 0 Å². The van der Waals surface area contributed by atoms with Gasteiger partial charge in [-0.25, -0.2) is 0 Å². The van der Waals surface area contributed by atoms with Crippen molar-refractivity contribution >= 4 is 11.7 Å². The lowest BCUT2D eigenvalue weighted by molar-refractivity contribution is -0.122. The van der Waals surface area contributed by atoms with E-state index in [-0.39, 0.29) is 11.8 Å². The predicted octanol–water partition coefficient (Wildman–Crippen LogP) is 1.35. The van der Waals surface area contributed by atoms with Crippen molar-refractivity contribution in [3.05, 3.63) is 18.3 Å². The second kappa shape index (κ2) is 3.73. The smallest absolute Gasteiger partial charge is 0.229 e. The van der Waals surface area contributed by atoms with Crippen LogP contribution in [-0.2, 0) is 4.79 Å². The molecule has 5 heteroatoms. The van der Waals surface area contributed by atoms with Crippen molar-refractivity contribution in [2.75, 3.05) is 5.32 Å². The summed E-state index contributed by atoms with van der Waals surface area (Å²) in [6, 6.07) is 0. The van der Waals surface area contributed by atoms with Crippen LogP contribution in [0.2, 0.25) is 0 Å². The first kappa shape index (κ1) is 9.57. The van der Waals surface area contributed by atoms with Crippen LogP contribution in [0, 0.1) is 17.8 Å². The summed E-state index contributed by atoms with van der Waals surface area (Å²) in [5.41, 5.74) is 0. The molecule has 1 aromatic rings. The third-order valence-electron chi connectivity index (χ3n) is 3.58. The van der Waals surface area contributed by atoms with Crippen molar-refractivity contribution in [1.82, 2.24) is 15.4 Å². The van der Waals surface area contributed by atoms with Crippen LogP contribution >= 0.6 is 0 Å². The van der Waals surface area contributed by atoms with Gasteiger partial charge in [-0.1, -0.05) is 12.2 Å². The summed E-state index contributed by atoms with van der Waals surface area (Å²) in [5, 5.41) is 12.8. The van der Waals surface area contributed by atoms with Crippen molar-refractivity contribution in [3.8, 4) is 0 Å². The molecule has 1 aromatic heterocycles. The zero-order chi connectivity index (χ0) is 11.0. The second-order valence-corrected chi connectivity index (χ2v) is 4.57. The number of carbonyl (C=O) groups excluding carboxylic acids is 1. The van der Waals surface area contributed by atoms with E-state index in [4.69, 9.17) is 0 Å². The Bertz CT molecular complexity index is 412.